The maximum atomic E-state index is 11.6. The normalized spacial score (nSPS) is 10.0. The summed E-state index contributed by atoms with van der Waals surface area (Å²) in [5.41, 5.74) is 7.19. The molecular formula is C11H11N3OS. The highest BCUT2D eigenvalue weighted by Gasteiger charge is 2.04. The van der Waals surface area contributed by atoms with E-state index < -0.39 is 0 Å². The van der Waals surface area contributed by atoms with E-state index in [4.69, 9.17) is 5.73 Å². The lowest BCUT2D eigenvalue weighted by molar-refractivity contribution is -0.115. The van der Waals surface area contributed by atoms with Crippen molar-refractivity contribution >= 4 is 28.1 Å². The van der Waals surface area contributed by atoms with Crippen LogP contribution < -0.4 is 11.1 Å². The van der Waals surface area contributed by atoms with Crippen LogP contribution in [-0.4, -0.2) is 10.9 Å². The molecular weight excluding hydrogens is 222 g/mol. The zero-order valence-corrected chi connectivity index (χ0v) is 9.33. The van der Waals surface area contributed by atoms with Crippen LogP contribution in [0.2, 0.25) is 0 Å². The van der Waals surface area contributed by atoms with Crippen LogP contribution >= 0.6 is 11.3 Å². The van der Waals surface area contributed by atoms with Crippen LogP contribution in [0.25, 0.3) is 0 Å². The van der Waals surface area contributed by atoms with E-state index in [0.29, 0.717) is 17.2 Å². The quantitative estimate of drug-likeness (QED) is 0.796. The summed E-state index contributed by atoms with van der Waals surface area (Å²) in [6.45, 7) is 0. The van der Waals surface area contributed by atoms with E-state index in [1.54, 1.807) is 18.3 Å². The lowest BCUT2D eigenvalue weighted by Crippen LogP contribution is -2.14. The summed E-state index contributed by atoms with van der Waals surface area (Å²) in [6, 6.07) is 7.26. The molecule has 1 amide bonds. The van der Waals surface area contributed by atoms with E-state index in [9.17, 15) is 4.79 Å². The Balaban J connectivity index is 1.95. The lowest BCUT2D eigenvalue weighted by atomic mass is 10.1. The predicted molar refractivity (Wildman–Crippen MR) is 65.3 cm³/mol. The van der Waals surface area contributed by atoms with Gasteiger partial charge in [-0.05, 0) is 17.7 Å². The topological polar surface area (TPSA) is 68.0 Å². The summed E-state index contributed by atoms with van der Waals surface area (Å²) in [7, 11) is 0. The third-order valence-electron chi connectivity index (χ3n) is 2.02. The third kappa shape index (κ3) is 2.80. The molecule has 0 saturated carbocycles. The van der Waals surface area contributed by atoms with Crippen LogP contribution in [0.4, 0.5) is 10.8 Å². The smallest absolute Gasteiger partial charge is 0.230 e. The molecule has 2 rings (SSSR count). The highest BCUT2D eigenvalue weighted by atomic mass is 32.1. The van der Waals surface area contributed by atoms with Crippen molar-refractivity contribution in [2.75, 3.05) is 11.1 Å². The van der Waals surface area contributed by atoms with E-state index in [1.807, 2.05) is 17.5 Å². The molecule has 0 saturated heterocycles. The molecule has 4 nitrogen and oxygen atoms in total. The molecule has 16 heavy (non-hydrogen) atoms. The van der Waals surface area contributed by atoms with Gasteiger partial charge >= 0.3 is 0 Å². The number of amides is 1. The average Bonchev–Trinajstić information content (AvgIpc) is 2.74. The largest absolute Gasteiger partial charge is 0.399 e. The Morgan fingerprint density at radius 3 is 2.75 bits per heavy atom. The SMILES string of the molecule is Nc1ccc(CC(=O)Nc2nccs2)cc1. The third-order valence-corrected chi connectivity index (χ3v) is 2.71. The van der Waals surface area contributed by atoms with Gasteiger partial charge in [0.25, 0.3) is 0 Å². The minimum Gasteiger partial charge on any atom is -0.399 e. The Morgan fingerprint density at radius 1 is 1.38 bits per heavy atom. The zero-order valence-electron chi connectivity index (χ0n) is 8.51. The first-order valence-electron chi connectivity index (χ1n) is 4.78. The second-order valence-corrected chi connectivity index (χ2v) is 4.20. The summed E-state index contributed by atoms with van der Waals surface area (Å²) in [6.07, 6.45) is 1.99. The van der Waals surface area contributed by atoms with Gasteiger partial charge in [-0.2, -0.15) is 0 Å². The molecule has 0 aliphatic heterocycles. The van der Waals surface area contributed by atoms with E-state index in [-0.39, 0.29) is 5.91 Å². The molecule has 1 aromatic carbocycles. The van der Waals surface area contributed by atoms with Gasteiger partial charge in [0.1, 0.15) is 0 Å². The van der Waals surface area contributed by atoms with Gasteiger partial charge in [-0.25, -0.2) is 4.98 Å². The molecule has 1 heterocycles. The number of rotatable bonds is 3. The Kier molecular flexibility index (Phi) is 3.16. The molecule has 0 atom stereocenters. The Bertz CT molecular complexity index is 464. The number of nitrogens with one attached hydrogen (secondary N) is 1. The average molecular weight is 233 g/mol. The van der Waals surface area contributed by atoms with Crippen molar-refractivity contribution in [1.82, 2.24) is 4.98 Å². The number of anilines is 2. The number of nitrogens with two attached hydrogens (primary N) is 1. The van der Waals surface area contributed by atoms with Crippen molar-refractivity contribution in [1.29, 1.82) is 0 Å². The molecule has 0 fully saturated rings. The molecule has 0 radical (unpaired) electrons. The Labute approximate surface area is 97.1 Å². The fourth-order valence-corrected chi connectivity index (χ4v) is 1.81. The first-order valence-corrected chi connectivity index (χ1v) is 5.66. The van der Waals surface area contributed by atoms with Crippen LogP contribution in [0.5, 0.6) is 0 Å². The van der Waals surface area contributed by atoms with Crippen LogP contribution in [0.3, 0.4) is 0 Å². The molecule has 5 heteroatoms. The molecule has 0 aliphatic carbocycles. The number of hydrogen-bond acceptors (Lipinski definition) is 4. The monoisotopic (exact) mass is 233 g/mol. The van der Waals surface area contributed by atoms with Gasteiger partial charge in [0.05, 0.1) is 6.42 Å². The molecule has 3 N–H and O–H groups in total. The van der Waals surface area contributed by atoms with E-state index in [0.717, 1.165) is 5.56 Å². The second kappa shape index (κ2) is 4.76. The van der Waals surface area contributed by atoms with Crippen molar-refractivity contribution in [3.05, 3.63) is 41.4 Å². The van der Waals surface area contributed by atoms with Crippen LogP contribution in [-0.2, 0) is 11.2 Å². The molecule has 1 aromatic heterocycles. The number of carbonyl (C=O) groups excluding carboxylic acids is 1. The second-order valence-electron chi connectivity index (χ2n) is 3.30. The first kappa shape index (κ1) is 10.6. The van der Waals surface area contributed by atoms with Crippen LogP contribution in [0.1, 0.15) is 5.56 Å². The molecule has 82 valence electrons. The summed E-state index contributed by atoms with van der Waals surface area (Å²) >= 11 is 1.40. The maximum absolute atomic E-state index is 11.6. The summed E-state index contributed by atoms with van der Waals surface area (Å²) < 4.78 is 0. The summed E-state index contributed by atoms with van der Waals surface area (Å²) in [4.78, 5) is 15.6. The van der Waals surface area contributed by atoms with Crippen molar-refractivity contribution in [2.45, 2.75) is 6.42 Å². The number of carbonyl (C=O) groups is 1. The van der Waals surface area contributed by atoms with Gasteiger partial charge in [0.15, 0.2) is 5.13 Å². The standard InChI is InChI=1S/C11H11N3OS/c12-9-3-1-8(2-4-9)7-10(15)14-11-13-5-6-16-11/h1-6H,7,12H2,(H,13,14,15). The minimum absolute atomic E-state index is 0.0697. The Hall–Kier alpha value is -1.88. The number of aromatic nitrogens is 1. The number of benzene rings is 1. The molecule has 0 unspecified atom stereocenters. The van der Waals surface area contributed by atoms with Crippen molar-refractivity contribution in [3.8, 4) is 0 Å². The van der Waals surface area contributed by atoms with E-state index in [2.05, 4.69) is 10.3 Å². The molecule has 2 aromatic rings. The number of nitrogen functional groups attached to an aromatic ring is 1. The summed E-state index contributed by atoms with van der Waals surface area (Å²) in [5.74, 6) is -0.0697. The van der Waals surface area contributed by atoms with Crippen molar-refractivity contribution in [3.63, 3.8) is 0 Å². The zero-order chi connectivity index (χ0) is 11.4. The number of thiazole rings is 1. The van der Waals surface area contributed by atoms with Gasteiger partial charge in [-0.1, -0.05) is 12.1 Å². The molecule has 0 aliphatic rings. The molecule has 0 spiro atoms. The van der Waals surface area contributed by atoms with Crippen LogP contribution in [0, 0.1) is 0 Å². The summed E-state index contributed by atoms with van der Waals surface area (Å²) in [5, 5.41) is 5.17. The predicted octanol–water partition coefficient (Wildman–Crippen LogP) is 1.91. The van der Waals surface area contributed by atoms with Crippen molar-refractivity contribution < 1.29 is 4.79 Å². The van der Waals surface area contributed by atoms with Gasteiger partial charge in [-0.3, -0.25) is 4.79 Å². The fourth-order valence-electron chi connectivity index (χ4n) is 1.27. The lowest BCUT2D eigenvalue weighted by Gasteiger charge is -2.02. The fraction of sp³-hybridized carbons (Fsp3) is 0.0909. The van der Waals surface area contributed by atoms with Crippen molar-refractivity contribution in [2.24, 2.45) is 0 Å². The Morgan fingerprint density at radius 2 is 2.12 bits per heavy atom. The number of nitrogens with zero attached hydrogens (tertiary/aromatic N) is 1. The van der Waals surface area contributed by atoms with Gasteiger partial charge in [-0.15, -0.1) is 11.3 Å². The van der Waals surface area contributed by atoms with Crippen LogP contribution in [0.15, 0.2) is 35.8 Å². The number of hydrogen-bond donors (Lipinski definition) is 2. The van der Waals surface area contributed by atoms with E-state index >= 15 is 0 Å². The highest BCUT2D eigenvalue weighted by molar-refractivity contribution is 7.13. The maximum Gasteiger partial charge on any atom is 0.230 e. The van der Waals surface area contributed by atoms with Gasteiger partial charge in [0, 0.05) is 17.3 Å². The minimum atomic E-state index is -0.0697. The van der Waals surface area contributed by atoms with E-state index in [1.165, 1.54) is 11.3 Å². The first-order chi connectivity index (χ1) is 7.74. The van der Waals surface area contributed by atoms with Gasteiger partial charge in [0.2, 0.25) is 5.91 Å². The highest BCUT2D eigenvalue weighted by Crippen LogP contribution is 2.11. The van der Waals surface area contributed by atoms with Gasteiger partial charge < -0.3 is 11.1 Å². The molecule has 0 bridgehead atoms.